The second-order valence-electron chi connectivity index (χ2n) is 5.31. The largest absolute Gasteiger partial charge is 0.368 e. The highest BCUT2D eigenvalue weighted by atomic mass is 16.2. The topological polar surface area (TPSA) is 75.3 Å². The first-order chi connectivity index (χ1) is 9.15. The van der Waals surface area contributed by atoms with E-state index in [4.69, 9.17) is 5.73 Å². The van der Waals surface area contributed by atoms with E-state index in [0.717, 1.165) is 19.6 Å². The molecule has 3 heterocycles. The highest BCUT2D eigenvalue weighted by Gasteiger charge is 2.33. The molecule has 0 aliphatic carbocycles. The van der Waals surface area contributed by atoms with Gasteiger partial charge in [-0.05, 0) is 26.3 Å². The second kappa shape index (κ2) is 4.77. The highest BCUT2D eigenvalue weighted by Crippen LogP contribution is 2.22. The van der Waals surface area contributed by atoms with Crippen molar-refractivity contribution in [3.63, 3.8) is 0 Å². The van der Waals surface area contributed by atoms with Gasteiger partial charge in [-0.2, -0.15) is 0 Å². The zero-order valence-corrected chi connectivity index (χ0v) is 11.2. The smallest absolute Gasteiger partial charge is 0.257 e. The monoisotopic (exact) mass is 261 g/mol. The minimum atomic E-state index is 0.0315. The third-order valence-electron chi connectivity index (χ3n) is 4.10. The number of rotatable bonds is 1. The summed E-state index contributed by atoms with van der Waals surface area (Å²) in [5, 5.41) is 0. The van der Waals surface area contributed by atoms with Gasteiger partial charge < -0.3 is 10.6 Å². The van der Waals surface area contributed by atoms with Gasteiger partial charge >= 0.3 is 0 Å². The molecule has 0 radical (unpaired) electrons. The van der Waals surface area contributed by atoms with Crippen molar-refractivity contribution < 1.29 is 4.79 Å². The number of carbonyl (C=O) groups excluding carboxylic acids is 1. The molecule has 1 atom stereocenters. The number of carbonyl (C=O) groups is 1. The summed E-state index contributed by atoms with van der Waals surface area (Å²) in [7, 11) is 0. The van der Waals surface area contributed by atoms with Gasteiger partial charge in [-0.15, -0.1) is 0 Å². The number of hydrogen-bond acceptors (Lipinski definition) is 5. The lowest BCUT2D eigenvalue weighted by molar-refractivity contribution is 0.0570. The normalized spacial score (nSPS) is 23.4. The summed E-state index contributed by atoms with van der Waals surface area (Å²) in [6, 6.07) is 0.535. The predicted octanol–water partition coefficient (Wildman–Crippen LogP) is 0.287. The summed E-state index contributed by atoms with van der Waals surface area (Å²) in [5.41, 5.74) is 6.75. The Balaban J connectivity index is 1.76. The molecular formula is C13H19N5O. The van der Waals surface area contributed by atoms with Crippen LogP contribution < -0.4 is 5.73 Å². The summed E-state index contributed by atoms with van der Waals surface area (Å²) in [6.07, 6.45) is 3.98. The van der Waals surface area contributed by atoms with E-state index in [0.29, 0.717) is 17.3 Å². The van der Waals surface area contributed by atoms with Crippen LogP contribution in [0.2, 0.25) is 0 Å². The van der Waals surface area contributed by atoms with Crippen LogP contribution in [-0.2, 0) is 0 Å². The molecular weight excluding hydrogens is 242 g/mol. The van der Waals surface area contributed by atoms with Crippen LogP contribution in [0.25, 0.3) is 0 Å². The number of amides is 1. The van der Waals surface area contributed by atoms with Crippen LogP contribution in [0, 0.1) is 6.92 Å². The molecule has 19 heavy (non-hydrogen) atoms. The first-order valence-electron chi connectivity index (χ1n) is 6.77. The molecule has 0 saturated carbocycles. The maximum atomic E-state index is 12.5. The number of nitrogen functional groups attached to an aromatic ring is 1. The van der Waals surface area contributed by atoms with Gasteiger partial charge in [0.2, 0.25) is 5.95 Å². The molecule has 102 valence electrons. The molecule has 0 aromatic carbocycles. The lowest BCUT2D eigenvalue weighted by atomic mass is 10.1. The van der Waals surface area contributed by atoms with Gasteiger partial charge in [0.1, 0.15) is 0 Å². The van der Waals surface area contributed by atoms with Crippen LogP contribution in [0.15, 0.2) is 6.20 Å². The number of nitrogens with zero attached hydrogens (tertiary/aromatic N) is 4. The Labute approximate surface area is 112 Å². The lowest BCUT2D eigenvalue weighted by Crippen LogP contribution is -2.52. The summed E-state index contributed by atoms with van der Waals surface area (Å²) in [4.78, 5) is 24.9. The van der Waals surface area contributed by atoms with Crippen LogP contribution in [0.1, 0.15) is 28.9 Å². The number of anilines is 1. The third kappa shape index (κ3) is 2.28. The van der Waals surface area contributed by atoms with E-state index in [1.807, 2.05) is 4.90 Å². The maximum absolute atomic E-state index is 12.5. The quantitative estimate of drug-likeness (QED) is 0.786. The van der Waals surface area contributed by atoms with E-state index in [1.54, 1.807) is 13.1 Å². The molecule has 2 fully saturated rings. The van der Waals surface area contributed by atoms with Gasteiger partial charge in [0.15, 0.2) is 0 Å². The molecule has 0 bridgehead atoms. The van der Waals surface area contributed by atoms with E-state index in [9.17, 15) is 4.79 Å². The molecule has 0 unspecified atom stereocenters. The molecule has 2 aliphatic rings. The lowest BCUT2D eigenvalue weighted by Gasteiger charge is -2.37. The molecule has 2 saturated heterocycles. The Morgan fingerprint density at radius 1 is 1.42 bits per heavy atom. The van der Waals surface area contributed by atoms with Crippen molar-refractivity contribution in [3.05, 3.63) is 17.5 Å². The zero-order chi connectivity index (χ0) is 13.4. The summed E-state index contributed by atoms with van der Waals surface area (Å²) in [6.45, 7) is 5.57. The van der Waals surface area contributed by atoms with Gasteiger partial charge in [0.05, 0.1) is 11.3 Å². The van der Waals surface area contributed by atoms with E-state index in [2.05, 4.69) is 14.9 Å². The van der Waals surface area contributed by atoms with Gasteiger partial charge in [0.25, 0.3) is 5.91 Å². The van der Waals surface area contributed by atoms with Gasteiger partial charge in [-0.3, -0.25) is 9.69 Å². The Bertz CT molecular complexity index is 504. The van der Waals surface area contributed by atoms with Crippen molar-refractivity contribution in [2.24, 2.45) is 0 Å². The van der Waals surface area contributed by atoms with Crippen LogP contribution in [0.3, 0.4) is 0 Å². The number of hydrogen-bond donors (Lipinski definition) is 1. The molecule has 0 spiro atoms. The highest BCUT2D eigenvalue weighted by molar-refractivity contribution is 5.95. The average Bonchev–Trinajstić information content (AvgIpc) is 2.85. The molecule has 1 amide bonds. The summed E-state index contributed by atoms with van der Waals surface area (Å²) < 4.78 is 0. The predicted molar refractivity (Wildman–Crippen MR) is 71.7 cm³/mol. The zero-order valence-electron chi connectivity index (χ0n) is 11.2. The molecule has 1 aromatic rings. The Morgan fingerprint density at radius 3 is 3.05 bits per heavy atom. The van der Waals surface area contributed by atoms with Gasteiger partial charge in [0, 0.05) is 31.9 Å². The number of aryl methyl sites for hydroxylation is 1. The summed E-state index contributed by atoms with van der Waals surface area (Å²) in [5.74, 6) is 0.249. The van der Waals surface area contributed by atoms with E-state index >= 15 is 0 Å². The van der Waals surface area contributed by atoms with E-state index in [1.165, 1.54) is 19.4 Å². The van der Waals surface area contributed by atoms with Crippen molar-refractivity contribution >= 4 is 11.9 Å². The first-order valence-corrected chi connectivity index (χ1v) is 6.77. The van der Waals surface area contributed by atoms with Crippen molar-refractivity contribution in [2.75, 3.05) is 31.9 Å². The number of fused-ring (bicyclic) bond motifs is 1. The fourth-order valence-corrected chi connectivity index (χ4v) is 3.04. The Morgan fingerprint density at radius 2 is 2.26 bits per heavy atom. The van der Waals surface area contributed by atoms with Crippen LogP contribution in [0.4, 0.5) is 5.95 Å². The van der Waals surface area contributed by atoms with E-state index in [-0.39, 0.29) is 11.9 Å². The van der Waals surface area contributed by atoms with Crippen LogP contribution in [0.5, 0.6) is 0 Å². The van der Waals surface area contributed by atoms with Crippen molar-refractivity contribution in [1.82, 2.24) is 19.8 Å². The molecule has 1 aromatic heterocycles. The minimum Gasteiger partial charge on any atom is -0.368 e. The number of nitrogens with two attached hydrogens (primary N) is 1. The average molecular weight is 261 g/mol. The fraction of sp³-hybridized carbons (Fsp3) is 0.615. The minimum absolute atomic E-state index is 0.0315. The Hall–Kier alpha value is -1.69. The van der Waals surface area contributed by atoms with Crippen molar-refractivity contribution in [3.8, 4) is 0 Å². The Kier molecular flexibility index (Phi) is 3.10. The molecule has 3 rings (SSSR count). The molecule has 6 nitrogen and oxygen atoms in total. The standard InChI is InChI=1S/C13H19N5O/c1-9-11(7-15-13(14)16-9)12(19)18-6-5-17-4-2-3-10(17)8-18/h7,10H,2-6,8H2,1H3,(H2,14,15,16)/t10-/m1/s1. The molecule has 2 N–H and O–H groups in total. The SMILES string of the molecule is Cc1nc(N)ncc1C(=O)N1CCN2CCC[C@@H]2C1. The number of aromatic nitrogens is 2. The van der Waals surface area contributed by atoms with Gasteiger partial charge in [-0.25, -0.2) is 9.97 Å². The van der Waals surface area contributed by atoms with Crippen molar-refractivity contribution in [2.45, 2.75) is 25.8 Å². The van der Waals surface area contributed by atoms with Crippen LogP contribution >= 0.6 is 0 Å². The summed E-state index contributed by atoms with van der Waals surface area (Å²) >= 11 is 0. The van der Waals surface area contributed by atoms with Gasteiger partial charge in [-0.1, -0.05) is 0 Å². The van der Waals surface area contributed by atoms with E-state index < -0.39 is 0 Å². The number of piperazine rings is 1. The van der Waals surface area contributed by atoms with Crippen molar-refractivity contribution in [1.29, 1.82) is 0 Å². The molecule has 6 heteroatoms. The molecule has 2 aliphatic heterocycles. The second-order valence-corrected chi connectivity index (χ2v) is 5.31. The van der Waals surface area contributed by atoms with Crippen LogP contribution in [-0.4, -0.2) is 57.9 Å². The first kappa shape index (κ1) is 12.3. The third-order valence-corrected chi connectivity index (χ3v) is 4.10. The fourth-order valence-electron chi connectivity index (χ4n) is 3.04. The maximum Gasteiger partial charge on any atom is 0.257 e.